The second kappa shape index (κ2) is 7.71. The third kappa shape index (κ3) is 3.85. The molecule has 7 nitrogen and oxygen atoms in total. The summed E-state index contributed by atoms with van der Waals surface area (Å²) in [6.45, 7) is 0.895. The number of nitrogens with one attached hydrogen (secondary N) is 1. The number of nitrogens with zero attached hydrogens (tertiary/aromatic N) is 1. The van der Waals surface area contributed by atoms with Gasteiger partial charge < -0.3 is 19.5 Å². The van der Waals surface area contributed by atoms with Crippen LogP contribution < -0.4 is 14.8 Å². The summed E-state index contributed by atoms with van der Waals surface area (Å²) in [5.74, 6) is 1.06. The van der Waals surface area contributed by atoms with Crippen LogP contribution in [0, 0.1) is 0 Å². The molecule has 1 fully saturated rings. The van der Waals surface area contributed by atoms with Gasteiger partial charge in [-0.2, -0.15) is 0 Å². The van der Waals surface area contributed by atoms with Gasteiger partial charge in [-0.1, -0.05) is 6.07 Å². The van der Waals surface area contributed by atoms with Crippen LogP contribution in [-0.2, 0) is 16.1 Å². The first-order chi connectivity index (χ1) is 11.1. The van der Waals surface area contributed by atoms with Crippen molar-refractivity contribution in [2.45, 2.75) is 25.4 Å². The average molecular weight is 322 g/mol. The summed E-state index contributed by atoms with van der Waals surface area (Å²) in [6.07, 6.45) is 0.977. The molecule has 2 amide bonds. The molecule has 1 N–H and O–H groups in total. The molecule has 1 atom stereocenters. The number of ether oxygens (including phenoxy) is 3. The highest BCUT2D eigenvalue weighted by Gasteiger charge is 2.34. The number of methoxy groups -OCH3 is 3. The number of amides is 2. The average Bonchev–Trinajstić information content (AvgIpc) is 3.08. The number of hydrogen-bond acceptors (Lipinski definition) is 5. The molecule has 1 aliphatic heterocycles. The van der Waals surface area contributed by atoms with Crippen molar-refractivity contribution in [2.24, 2.45) is 0 Å². The Morgan fingerprint density at radius 3 is 2.61 bits per heavy atom. The van der Waals surface area contributed by atoms with Crippen molar-refractivity contribution in [3.63, 3.8) is 0 Å². The Balaban J connectivity index is 1.97. The SMILES string of the molecule is COC(=O)N1CCCC1C(=O)NCc1ccc(OC)c(OC)c1. The number of hydrogen-bond donors (Lipinski definition) is 1. The van der Waals surface area contributed by atoms with Gasteiger partial charge in [-0.05, 0) is 30.5 Å². The van der Waals surface area contributed by atoms with Crippen LogP contribution in [0.1, 0.15) is 18.4 Å². The zero-order chi connectivity index (χ0) is 16.8. The van der Waals surface area contributed by atoms with Crippen LogP contribution in [-0.4, -0.2) is 50.8 Å². The van der Waals surface area contributed by atoms with Crippen molar-refractivity contribution in [3.8, 4) is 11.5 Å². The molecule has 0 saturated carbocycles. The van der Waals surface area contributed by atoms with Crippen molar-refractivity contribution in [1.29, 1.82) is 0 Å². The van der Waals surface area contributed by atoms with E-state index in [2.05, 4.69) is 5.32 Å². The van der Waals surface area contributed by atoms with Crippen LogP contribution in [0.3, 0.4) is 0 Å². The normalized spacial score (nSPS) is 16.8. The van der Waals surface area contributed by atoms with Gasteiger partial charge in [0.2, 0.25) is 5.91 Å². The molecule has 0 bridgehead atoms. The molecule has 23 heavy (non-hydrogen) atoms. The molecule has 0 aliphatic carbocycles. The van der Waals surface area contributed by atoms with Crippen LogP contribution >= 0.6 is 0 Å². The summed E-state index contributed by atoms with van der Waals surface area (Å²) in [6, 6.07) is 4.99. The quantitative estimate of drug-likeness (QED) is 0.890. The van der Waals surface area contributed by atoms with Crippen molar-refractivity contribution < 1.29 is 23.8 Å². The van der Waals surface area contributed by atoms with Crippen molar-refractivity contribution in [3.05, 3.63) is 23.8 Å². The molecule has 126 valence electrons. The summed E-state index contributed by atoms with van der Waals surface area (Å²) < 4.78 is 15.1. The lowest BCUT2D eigenvalue weighted by molar-refractivity contribution is -0.125. The lowest BCUT2D eigenvalue weighted by Gasteiger charge is -2.22. The maximum absolute atomic E-state index is 12.3. The van der Waals surface area contributed by atoms with Gasteiger partial charge in [0.05, 0.1) is 21.3 Å². The minimum Gasteiger partial charge on any atom is -0.493 e. The van der Waals surface area contributed by atoms with E-state index in [-0.39, 0.29) is 5.91 Å². The Labute approximate surface area is 135 Å². The van der Waals surface area contributed by atoms with E-state index < -0.39 is 12.1 Å². The second-order valence-electron chi connectivity index (χ2n) is 5.23. The molecule has 7 heteroatoms. The second-order valence-corrected chi connectivity index (χ2v) is 5.23. The maximum atomic E-state index is 12.3. The molecule has 1 heterocycles. The number of carbonyl (C=O) groups excluding carboxylic acids is 2. The molecule has 1 aromatic rings. The van der Waals surface area contributed by atoms with Gasteiger partial charge in [0.1, 0.15) is 6.04 Å². The monoisotopic (exact) mass is 322 g/mol. The Morgan fingerprint density at radius 1 is 1.22 bits per heavy atom. The highest BCUT2D eigenvalue weighted by atomic mass is 16.5. The fourth-order valence-corrected chi connectivity index (χ4v) is 2.67. The van der Waals surface area contributed by atoms with E-state index in [9.17, 15) is 9.59 Å². The third-order valence-electron chi connectivity index (χ3n) is 3.88. The lowest BCUT2D eigenvalue weighted by atomic mass is 10.1. The Bertz CT molecular complexity index is 576. The predicted octanol–water partition coefficient (Wildman–Crippen LogP) is 1.55. The zero-order valence-corrected chi connectivity index (χ0v) is 13.6. The molecule has 0 spiro atoms. The first-order valence-corrected chi connectivity index (χ1v) is 7.44. The van der Waals surface area contributed by atoms with Crippen molar-refractivity contribution in [1.82, 2.24) is 10.2 Å². The fraction of sp³-hybridized carbons (Fsp3) is 0.500. The first-order valence-electron chi connectivity index (χ1n) is 7.44. The predicted molar refractivity (Wildman–Crippen MR) is 83.5 cm³/mol. The molecule has 0 aromatic heterocycles. The Morgan fingerprint density at radius 2 is 1.96 bits per heavy atom. The van der Waals surface area contributed by atoms with E-state index in [0.29, 0.717) is 31.0 Å². The summed E-state index contributed by atoms with van der Waals surface area (Å²) in [5.41, 5.74) is 0.888. The van der Waals surface area contributed by atoms with E-state index in [1.165, 1.54) is 12.0 Å². The molecular weight excluding hydrogens is 300 g/mol. The molecule has 1 aliphatic rings. The van der Waals surface area contributed by atoms with Crippen LogP contribution in [0.5, 0.6) is 11.5 Å². The van der Waals surface area contributed by atoms with Crippen LogP contribution in [0.4, 0.5) is 4.79 Å². The smallest absolute Gasteiger partial charge is 0.410 e. The van der Waals surface area contributed by atoms with Crippen LogP contribution in [0.15, 0.2) is 18.2 Å². The number of rotatable bonds is 5. The third-order valence-corrected chi connectivity index (χ3v) is 3.88. The molecule has 2 rings (SSSR count). The minimum absolute atomic E-state index is 0.178. The van der Waals surface area contributed by atoms with Gasteiger partial charge in [0.25, 0.3) is 0 Å². The highest BCUT2D eigenvalue weighted by Crippen LogP contribution is 2.27. The minimum atomic E-state index is -0.470. The van der Waals surface area contributed by atoms with E-state index in [1.54, 1.807) is 20.3 Å². The molecular formula is C16H22N2O5. The molecule has 0 radical (unpaired) electrons. The van der Waals surface area contributed by atoms with E-state index in [4.69, 9.17) is 14.2 Å². The standard InChI is InChI=1S/C16H22N2O5/c1-21-13-7-6-11(9-14(13)22-2)10-17-15(19)12-5-4-8-18(12)16(20)23-3/h6-7,9,12H,4-5,8,10H2,1-3H3,(H,17,19). The number of carbonyl (C=O) groups is 2. The van der Waals surface area contributed by atoms with Gasteiger partial charge in [0.15, 0.2) is 11.5 Å². The Kier molecular flexibility index (Phi) is 5.67. The largest absolute Gasteiger partial charge is 0.493 e. The highest BCUT2D eigenvalue weighted by molar-refractivity contribution is 5.86. The molecule has 1 saturated heterocycles. The number of benzene rings is 1. The van der Waals surface area contributed by atoms with Crippen molar-refractivity contribution >= 4 is 12.0 Å². The Hall–Kier alpha value is -2.44. The lowest BCUT2D eigenvalue weighted by Crippen LogP contribution is -2.45. The van der Waals surface area contributed by atoms with Gasteiger partial charge in [-0.25, -0.2) is 4.79 Å². The first kappa shape index (κ1) is 16.9. The van der Waals surface area contributed by atoms with Gasteiger partial charge in [0, 0.05) is 13.1 Å². The topological polar surface area (TPSA) is 77.1 Å². The van der Waals surface area contributed by atoms with E-state index in [1.807, 2.05) is 12.1 Å². The van der Waals surface area contributed by atoms with Gasteiger partial charge in [-0.15, -0.1) is 0 Å². The number of likely N-dealkylation sites (tertiary alicyclic amines) is 1. The van der Waals surface area contributed by atoms with Crippen molar-refractivity contribution in [2.75, 3.05) is 27.9 Å². The summed E-state index contributed by atoms with van der Waals surface area (Å²) in [5, 5.41) is 2.85. The van der Waals surface area contributed by atoms with E-state index in [0.717, 1.165) is 12.0 Å². The van der Waals surface area contributed by atoms with Crippen LogP contribution in [0.2, 0.25) is 0 Å². The van der Waals surface area contributed by atoms with Gasteiger partial charge in [-0.3, -0.25) is 9.69 Å². The fourth-order valence-electron chi connectivity index (χ4n) is 2.67. The summed E-state index contributed by atoms with van der Waals surface area (Å²) in [4.78, 5) is 25.4. The summed E-state index contributed by atoms with van der Waals surface area (Å²) >= 11 is 0. The van der Waals surface area contributed by atoms with Crippen LogP contribution in [0.25, 0.3) is 0 Å². The van der Waals surface area contributed by atoms with Gasteiger partial charge >= 0.3 is 6.09 Å². The van der Waals surface area contributed by atoms with E-state index >= 15 is 0 Å². The summed E-state index contributed by atoms with van der Waals surface area (Å²) in [7, 11) is 4.45. The molecule has 1 aromatic carbocycles. The maximum Gasteiger partial charge on any atom is 0.410 e. The zero-order valence-electron chi connectivity index (χ0n) is 13.6. The molecule has 1 unspecified atom stereocenters.